The maximum Gasteiger partial charge on any atom is 0.139 e. The first-order chi connectivity index (χ1) is 9.97. The van der Waals surface area contributed by atoms with Gasteiger partial charge in [-0.1, -0.05) is 38.8 Å². The van der Waals surface area contributed by atoms with Gasteiger partial charge < -0.3 is 0 Å². The zero-order chi connectivity index (χ0) is 14.8. The summed E-state index contributed by atoms with van der Waals surface area (Å²) in [6, 6.07) is 0. The highest BCUT2D eigenvalue weighted by molar-refractivity contribution is 5.87. The summed E-state index contributed by atoms with van der Waals surface area (Å²) >= 11 is 0. The lowest BCUT2D eigenvalue weighted by atomic mass is 9.45. The topological polar surface area (TPSA) is 17.1 Å². The Balaban J connectivity index is 1.76. The van der Waals surface area contributed by atoms with Crippen molar-refractivity contribution in [3.63, 3.8) is 0 Å². The predicted molar refractivity (Wildman–Crippen MR) is 85.9 cm³/mol. The monoisotopic (exact) mass is 286 g/mol. The maximum absolute atomic E-state index is 12.5. The SMILES string of the molecule is C[C@@H]1C[C@]2(C)C(=O)CC[C@H]2[C@@H]2CC=C3CCCC[C@]3(C)[C@H]21. The summed E-state index contributed by atoms with van der Waals surface area (Å²) in [5, 5.41) is 0. The van der Waals surface area contributed by atoms with Crippen LogP contribution in [-0.4, -0.2) is 5.78 Å². The molecule has 6 atom stereocenters. The lowest BCUT2D eigenvalue weighted by Crippen LogP contribution is -2.53. The highest BCUT2D eigenvalue weighted by atomic mass is 16.1. The normalized spacial score (nSPS) is 52.7. The van der Waals surface area contributed by atoms with Crippen molar-refractivity contribution < 1.29 is 4.79 Å². The molecule has 4 aliphatic rings. The average molecular weight is 286 g/mol. The Morgan fingerprint density at radius 3 is 2.76 bits per heavy atom. The van der Waals surface area contributed by atoms with Gasteiger partial charge in [-0.3, -0.25) is 4.79 Å². The van der Waals surface area contributed by atoms with Gasteiger partial charge in [0.25, 0.3) is 0 Å². The Labute approximate surface area is 129 Å². The Hall–Kier alpha value is -0.590. The molecule has 0 aliphatic heterocycles. The highest BCUT2D eigenvalue weighted by Crippen LogP contribution is 2.65. The molecule has 0 aromatic heterocycles. The molecule has 1 nitrogen and oxygen atoms in total. The lowest BCUT2D eigenvalue weighted by Gasteiger charge is -2.59. The van der Waals surface area contributed by atoms with Gasteiger partial charge >= 0.3 is 0 Å². The summed E-state index contributed by atoms with van der Waals surface area (Å²) in [6.45, 7) is 7.31. The van der Waals surface area contributed by atoms with Gasteiger partial charge in [0.1, 0.15) is 5.78 Å². The van der Waals surface area contributed by atoms with Crippen LogP contribution >= 0.6 is 0 Å². The third-order valence-electron chi connectivity index (χ3n) is 7.97. The van der Waals surface area contributed by atoms with Gasteiger partial charge in [-0.25, -0.2) is 0 Å². The second kappa shape index (κ2) is 4.46. The van der Waals surface area contributed by atoms with E-state index in [0.717, 1.165) is 24.7 Å². The summed E-state index contributed by atoms with van der Waals surface area (Å²) in [5.41, 5.74) is 2.24. The Kier molecular flexibility index (Phi) is 2.98. The molecule has 21 heavy (non-hydrogen) atoms. The third kappa shape index (κ3) is 1.72. The first-order valence-electron chi connectivity index (χ1n) is 9.19. The van der Waals surface area contributed by atoms with Crippen LogP contribution in [0, 0.1) is 34.5 Å². The summed E-state index contributed by atoms with van der Waals surface area (Å²) in [5.74, 6) is 3.56. The van der Waals surface area contributed by atoms with E-state index >= 15 is 0 Å². The van der Waals surface area contributed by atoms with Gasteiger partial charge in [-0.05, 0) is 67.6 Å². The van der Waals surface area contributed by atoms with E-state index in [1.807, 2.05) is 0 Å². The molecule has 3 saturated carbocycles. The fraction of sp³-hybridized carbons (Fsp3) is 0.850. The molecule has 0 bridgehead atoms. The molecule has 1 heteroatoms. The van der Waals surface area contributed by atoms with E-state index in [9.17, 15) is 4.79 Å². The second-order valence-corrected chi connectivity index (χ2v) is 8.95. The van der Waals surface area contributed by atoms with E-state index in [2.05, 4.69) is 26.8 Å². The number of carbonyl (C=O) groups is 1. The highest BCUT2D eigenvalue weighted by Gasteiger charge is 2.60. The smallest absolute Gasteiger partial charge is 0.139 e. The Morgan fingerprint density at radius 1 is 1.14 bits per heavy atom. The first kappa shape index (κ1) is 14.0. The molecule has 116 valence electrons. The number of fused-ring (bicyclic) bond motifs is 5. The molecule has 3 fully saturated rings. The second-order valence-electron chi connectivity index (χ2n) is 8.95. The molecular formula is C20H30O. The third-order valence-corrected chi connectivity index (χ3v) is 7.97. The molecule has 0 heterocycles. The maximum atomic E-state index is 12.5. The molecule has 0 aromatic carbocycles. The van der Waals surface area contributed by atoms with Crippen LogP contribution in [0.1, 0.15) is 72.1 Å². The van der Waals surface area contributed by atoms with Crippen LogP contribution in [0.15, 0.2) is 11.6 Å². The molecule has 0 N–H and O–H groups in total. The number of ketones is 1. The van der Waals surface area contributed by atoms with E-state index < -0.39 is 0 Å². The summed E-state index contributed by atoms with van der Waals surface area (Å²) < 4.78 is 0. The predicted octanol–water partition coefficient (Wildman–Crippen LogP) is 5.15. The fourth-order valence-corrected chi connectivity index (χ4v) is 7.18. The molecule has 0 spiro atoms. The van der Waals surface area contributed by atoms with E-state index in [1.54, 1.807) is 5.57 Å². The van der Waals surface area contributed by atoms with Gasteiger partial charge in [0.05, 0.1) is 0 Å². The fourth-order valence-electron chi connectivity index (χ4n) is 7.18. The minimum atomic E-state index is 0.0109. The zero-order valence-corrected chi connectivity index (χ0v) is 14.0. The molecule has 0 aromatic rings. The molecule has 0 radical (unpaired) electrons. The lowest BCUT2D eigenvalue weighted by molar-refractivity contribution is -0.135. The van der Waals surface area contributed by atoms with E-state index in [1.165, 1.54) is 38.5 Å². The number of hydrogen-bond donors (Lipinski definition) is 0. The molecule has 0 saturated heterocycles. The van der Waals surface area contributed by atoms with Gasteiger partial charge in [0, 0.05) is 11.8 Å². The standard InChI is InChI=1S/C20H30O/c1-13-12-20(3)16(9-10-17(20)21)15-8-7-14-6-4-5-11-19(14,2)18(13)15/h7,13,15-16,18H,4-6,8-12H2,1-3H3/t13-,15+,16+,18+,19+,20+/m1/s1. The summed E-state index contributed by atoms with van der Waals surface area (Å²) in [7, 11) is 0. The average Bonchev–Trinajstić information content (AvgIpc) is 2.73. The number of Topliss-reactive ketones (excluding diaryl/α,β-unsaturated/α-hetero) is 1. The van der Waals surface area contributed by atoms with Crippen molar-refractivity contribution in [1.82, 2.24) is 0 Å². The number of rotatable bonds is 0. The number of allylic oxidation sites excluding steroid dienone is 2. The van der Waals surface area contributed by atoms with Crippen LogP contribution in [0.3, 0.4) is 0 Å². The summed E-state index contributed by atoms with van der Waals surface area (Å²) in [4.78, 5) is 12.5. The van der Waals surface area contributed by atoms with Crippen molar-refractivity contribution >= 4 is 5.78 Å². The molecular weight excluding hydrogens is 256 g/mol. The van der Waals surface area contributed by atoms with Crippen molar-refractivity contribution in [3.05, 3.63) is 11.6 Å². The molecule has 0 unspecified atom stereocenters. The van der Waals surface area contributed by atoms with E-state index in [0.29, 0.717) is 23.0 Å². The van der Waals surface area contributed by atoms with Crippen LogP contribution in [0.5, 0.6) is 0 Å². The van der Waals surface area contributed by atoms with Crippen LogP contribution in [0.25, 0.3) is 0 Å². The minimum absolute atomic E-state index is 0.0109. The van der Waals surface area contributed by atoms with Crippen LogP contribution < -0.4 is 0 Å². The summed E-state index contributed by atoms with van der Waals surface area (Å²) in [6.07, 6.45) is 12.6. The largest absolute Gasteiger partial charge is 0.299 e. The molecule has 4 rings (SSSR count). The van der Waals surface area contributed by atoms with Gasteiger partial charge in [-0.15, -0.1) is 0 Å². The van der Waals surface area contributed by atoms with Crippen molar-refractivity contribution in [1.29, 1.82) is 0 Å². The first-order valence-corrected chi connectivity index (χ1v) is 9.19. The van der Waals surface area contributed by atoms with E-state index in [-0.39, 0.29) is 5.41 Å². The van der Waals surface area contributed by atoms with Gasteiger partial charge in [-0.2, -0.15) is 0 Å². The quantitative estimate of drug-likeness (QED) is 0.562. The van der Waals surface area contributed by atoms with Crippen LogP contribution in [0.2, 0.25) is 0 Å². The zero-order valence-electron chi connectivity index (χ0n) is 14.0. The van der Waals surface area contributed by atoms with Gasteiger partial charge in [0.2, 0.25) is 0 Å². The van der Waals surface area contributed by atoms with Crippen molar-refractivity contribution in [3.8, 4) is 0 Å². The van der Waals surface area contributed by atoms with Crippen LogP contribution in [-0.2, 0) is 4.79 Å². The van der Waals surface area contributed by atoms with Crippen molar-refractivity contribution in [2.24, 2.45) is 34.5 Å². The number of carbonyl (C=O) groups excluding carboxylic acids is 1. The van der Waals surface area contributed by atoms with Crippen molar-refractivity contribution in [2.45, 2.75) is 72.1 Å². The minimum Gasteiger partial charge on any atom is -0.299 e. The van der Waals surface area contributed by atoms with Gasteiger partial charge in [0.15, 0.2) is 0 Å². The number of hydrogen-bond acceptors (Lipinski definition) is 1. The Bertz CT molecular complexity index is 504. The van der Waals surface area contributed by atoms with Crippen LogP contribution in [0.4, 0.5) is 0 Å². The Morgan fingerprint density at radius 2 is 1.95 bits per heavy atom. The van der Waals surface area contributed by atoms with E-state index in [4.69, 9.17) is 0 Å². The molecule has 4 aliphatic carbocycles. The van der Waals surface area contributed by atoms with Crippen molar-refractivity contribution in [2.75, 3.05) is 0 Å². The molecule has 0 amide bonds.